The zero-order chi connectivity index (χ0) is 18.7. The van der Waals surface area contributed by atoms with Crippen molar-refractivity contribution in [3.63, 3.8) is 0 Å². The summed E-state index contributed by atoms with van der Waals surface area (Å²) < 4.78 is 5.53. The molecule has 6 nitrogen and oxygen atoms in total. The number of methoxy groups -OCH3 is 1. The number of ether oxygens (including phenoxy) is 1. The lowest BCUT2D eigenvalue weighted by Gasteiger charge is -2.25. The molecule has 2 atom stereocenters. The Labute approximate surface area is 158 Å². The van der Waals surface area contributed by atoms with E-state index in [0.717, 1.165) is 30.0 Å². The Morgan fingerprint density at radius 3 is 2.92 bits per heavy atom. The number of aromatic nitrogens is 2. The predicted octanol–water partition coefficient (Wildman–Crippen LogP) is 2.77. The van der Waals surface area contributed by atoms with Crippen LogP contribution in [0.25, 0.3) is 0 Å². The molecule has 1 saturated heterocycles. The number of rotatable bonds is 5. The van der Waals surface area contributed by atoms with E-state index in [1.807, 2.05) is 19.9 Å². The van der Waals surface area contributed by atoms with E-state index in [2.05, 4.69) is 20.2 Å². The first kappa shape index (κ1) is 18.6. The summed E-state index contributed by atoms with van der Waals surface area (Å²) in [6, 6.07) is 7.42. The summed E-state index contributed by atoms with van der Waals surface area (Å²) in [7, 11) is 1.71. The van der Waals surface area contributed by atoms with E-state index in [-0.39, 0.29) is 18.1 Å². The summed E-state index contributed by atoms with van der Waals surface area (Å²) in [4.78, 5) is 23.3. The Kier molecular flexibility index (Phi) is 5.74. The molecule has 0 saturated carbocycles. The molecule has 7 heteroatoms. The molecule has 3 rings (SSSR count). The molecular weight excluding hydrogens is 352 g/mol. The maximum Gasteiger partial charge on any atom is 0.251 e. The fourth-order valence-corrected chi connectivity index (χ4v) is 3.45. The summed E-state index contributed by atoms with van der Waals surface area (Å²) >= 11 is 6.12. The van der Waals surface area contributed by atoms with Gasteiger partial charge in [0, 0.05) is 42.5 Å². The van der Waals surface area contributed by atoms with Gasteiger partial charge in [0.05, 0.1) is 12.1 Å². The van der Waals surface area contributed by atoms with E-state index in [1.165, 1.54) is 0 Å². The van der Waals surface area contributed by atoms with E-state index in [1.54, 1.807) is 31.6 Å². The molecule has 2 aromatic rings. The zero-order valence-electron chi connectivity index (χ0n) is 15.2. The number of benzene rings is 1. The highest BCUT2D eigenvalue weighted by atomic mass is 35.5. The van der Waals surface area contributed by atoms with E-state index >= 15 is 0 Å². The van der Waals surface area contributed by atoms with Crippen LogP contribution in [0.3, 0.4) is 0 Å². The summed E-state index contributed by atoms with van der Waals surface area (Å²) in [5, 5.41) is 3.62. The van der Waals surface area contributed by atoms with Crippen LogP contribution in [-0.2, 0) is 4.74 Å². The highest BCUT2D eigenvalue weighted by molar-refractivity contribution is 6.31. The third-order valence-corrected chi connectivity index (χ3v) is 5.21. The summed E-state index contributed by atoms with van der Waals surface area (Å²) in [6.07, 6.45) is 2.50. The molecule has 1 aliphatic rings. The van der Waals surface area contributed by atoms with Gasteiger partial charge >= 0.3 is 0 Å². The zero-order valence-corrected chi connectivity index (χ0v) is 16.0. The van der Waals surface area contributed by atoms with E-state index < -0.39 is 0 Å². The fraction of sp³-hybridized carbons (Fsp3) is 0.421. The first-order valence-electron chi connectivity index (χ1n) is 8.61. The van der Waals surface area contributed by atoms with Crippen molar-refractivity contribution in [2.75, 3.05) is 25.1 Å². The van der Waals surface area contributed by atoms with Crippen LogP contribution >= 0.6 is 11.6 Å². The number of hydrogen-bond donors (Lipinski definition) is 1. The third-order valence-electron chi connectivity index (χ3n) is 4.80. The van der Waals surface area contributed by atoms with Gasteiger partial charge in [0.2, 0.25) is 0 Å². The van der Waals surface area contributed by atoms with Gasteiger partial charge in [0.1, 0.15) is 12.1 Å². The molecule has 26 heavy (non-hydrogen) atoms. The van der Waals surface area contributed by atoms with Crippen LogP contribution < -0.4 is 10.2 Å². The van der Waals surface area contributed by atoms with Crippen molar-refractivity contribution in [2.24, 2.45) is 0 Å². The summed E-state index contributed by atoms with van der Waals surface area (Å²) in [5.41, 5.74) is 2.30. The first-order valence-corrected chi connectivity index (χ1v) is 8.98. The van der Waals surface area contributed by atoms with Gasteiger partial charge in [-0.1, -0.05) is 17.7 Å². The molecule has 1 amide bonds. The van der Waals surface area contributed by atoms with E-state index in [9.17, 15) is 4.79 Å². The molecule has 1 aromatic heterocycles. The van der Waals surface area contributed by atoms with Crippen molar-refractivity contribution < 1.29 is 9.53 Å². The van der Waals surface area contributed by atoms with Crippen molar-refractivity contribution >= 4 is 23.3 Å². The lowest BCUT2D eigenvalue weighted by molar-refractivity contribution is 0.0945. The van der Waals surface area contributed by atoms with Crippen LogP contribution in [0.5, 0.6) is 0 Å². The minimum Gasteiger partial charge on any atom is -0.380 e. The number of carbonyl (C=O) groups is 1. The van der Waals surface area contributed by atoms with Crippen molar-refractivity contribution in [3.8, 4) is 0 Å². The van der Waals surface area contributed by atoms with Crippen LogP contribution in [-0.4, -0.2) is 48.2 Å². The Hall–Kier alpha value is -2.18. The van der Waals surface area contributed by atoms with Crippen molar-refractivity contribution in [1.29, 1.82) is 0 Å². The van der Waals surface area contributed by atoms with Crippen molar-refractivity contribution in [1.82, 2.24) is 15.3 Å². The minimum atomic E-state index is -0.121. The average Bonchev–Trinajstić information content (AvgIpc) is 3.05. The molecular formula is C19H23ClN4O2. The smallest absolute Gasteiger partial charge is 0.251 e. The Bertz CT molecular complexity index is 799. The number of aryl methyl sites for hydroxylation is 1. The van der Waals surface area contributed by atoms with Gasteiger partial charge in [-0.05, 0) is 38.0 Å². The normalized spacial score (nSPS) is 19.6. The fourth-order valence-electron chi connectivity index (χ4n) is 3.28. The van der Waals surface area contributed by atoms with Crippen LogP contribution in [0, 0.1) is 13.8 Å². The predicted molar refractivity (Wildman–Crippen MR) is 102 cm³/mol. The van der Waals surface area contributed by atoms with Gasteiger partial charge in [0.15, 0.2) is 0 Å². The first-order chi connectivity index (χ1) is 12.5. The number of halogens is 1. The second-order valence-corrected chi connectivity index (χ2v) is 6.95. The number of nitrogens with one attached hydrogen (secondary N) is 1. The van der Waals surface area contributed by atoms with Crippen molar-refractivity contribution in [3.05, 3.63) is 52.4 Å². The molecule has 0 radical (unpaired) electrons. The lowest BCUT2D eigenvalue weighted by atomic mass is 10.1. The maximum absolute atomic E-state index is 12.6. The van der Waals surface area contributed by atoms with Crippen molar-refractivity contribution in [2.45, 2.75) is 32.4 Å². The number of anilines is 1. The summed E-state index contributed by atoms with van der Waals surface area (Å²) in [5.74, 6) is 0.736. The SMILES string of the molecule is CO[C@H]1C[C@@H](CNC(=O)c2cccc(Cl)c2C)N(c2cc(C)ncn2)C1. The van der Waals surface area contributed by atoms with Gasteiger partial charge in [0.25, 0.3) is 5.91 Å². The molecule has 0 bridgehead atoms. The Balaban J connectivity index is 1.72. The highest BCUT2D eigenvalue weighted by Gasteiger charge is 2.33. The van der Waals surface area contributed by atoms with Crippen LogP contribution in [0.15, 0.2) is 30.6 Å². The number of nitrogens with zero attached hydrogens (tertiary/aromatic N) is 3. The third kappa shape index (κ3) is 3.97. The molecule has 0 aliphatic carbocycles. The molecule has 1 aromatic carbocycles. The largest absolute Gasteiger partial charge is 0.380 e. The number of amides is 1. The maximum atomic E-state index is 12.6. The number of carbonyl (C=O) groups excluding carboxylic acids is 1. The van der Waals surface area contributed by atoms with E-state index in [4.69, 9.17) is 16.3 Å². The second-order valence-electron chi connectivity index (χ2n) is 6.54. The van der Waals surface area contributed by atoms with Crippen LogP contribution in [0.2, 0.25) is 5.02 Å². The summed E-state index contributed by atoms with van der Waals surface area (Å²) in [6.45, 7) is 5.04. The minimum absolute atomic E-state index is 0.109. The monoisotopic (exact) mass is 374 g/mol. The van der Waals surface area contributed by atoms with Gasteiger partial charge < -0.3 is 15.0 Å². The van der Waals surface area contributed by atoms with Gasteiger partial charge in [-0.25, -0.2) is 9.97 Å². The van der Waals surface area contributed by atoms with Crippen LogP contribution in [0.4, 0.5) is 5.82 Å². The topological polar surface area (TPSA) is 67.3 Å². The Morgan fingerprint density at radius 2 is 2.19 bits per heavy atom. The van der Waals surface area contributed by atoms with Gasteiger partial charge in [-0.2, -0.15) is 0 Å². The molecule has 1 fully saturated rings. The molecule has 138 valence electrons. The molecule has 2 heterocycles. The second kappa shape index (κ2) is 8.01. The van der Waals surface area contributed by atoms with Crippen LogP contribution in [0.1, 0.15) is 28.0 Å². The van der Waals surface area contributed by atoms with E-state index in [0.29, 0.717) is 17.1 Å². The van der Waals surface area contributed by atoms with Gasteiger partial charge in [-0.3, -0.25) is 4.79 Å². The van der Waals surface area contributed by atoms with Gasteiger partial charge in [-0.15, -0.1) is 0 Å². The molecule has 0 spiro atoms. The standard InChI is InChI=1S/C19H23ClN4O2/c1-12-7-18(23-11-22-12)24-10-15(26-3)8-14(24)9-21-19(25)16-5-4-6-17(20)13(16)2/h4-7,11,14-15H,8-10H2,1-3H3,(H,21,25)/t14-,15-/m0/s1. The number of hydrogen-bond acceptors (Lipinski definition) is 5. The molecule has 1 aliphatic heterocycles. The molecule has 0 unspecified atom stereocenters. The molecule has 1 N–H and O–H groups in total. The lowest BCUT2D eigenvalue weighted by Crippen LogP contribution is -2.40. The quantitative estimate of drug-likeness (QED) is 0.871. The average molecular weight is 375 g/mol. The Morgan fingerprint density at radius 1 is 1.38 bits per heavy atom. The highest BCUT2D eigenvalue weighted by Crippen LogP contribution is 2.25.